The molecule has 0 radical (unpaired) electrons. The molecule has 1 aliphatic rings. The van der Waals surface area contributed by atoms with Crippen LogP contribution in [-0.4, -0.2) is 43.4 Å². The number of hydrogen-bond acceptors (Lipinski definition) is 3. The lowest BCUT2D eigenvalue weighted by molar-refractivity contribution is -0.137. The lowest BCUT2D eigenvalue weighted by atomic mass is 10.1. The molecule has 0 aliphatic carbocycles. The molecule has 0 bridgehead atoms. The van der Waals surface area contributed by atoms with Gasteiger partial charge in [0.2, 0.25) is 0 Å². The topological polar surface area (TPSA) is 6.48 Å². The Morgan fingerprint density at radius 2 is 1.86 bits per heavy atom. The lowest BCUT2D eigenvalue weighted by Crippen LogP contribution is -2.47. The van der Waals surface area contributed by atoms with Crippen molar-refractivity contribution in [1.29, 1.82) is 0 Å². The number of hydrogen-bond donors (Lipinski definition) is 1. The highest BCUT2D eigenvalue weighted by molar-refractivity contribution is 7.80. The van der Waals surface area contributed by atoms with E-state index in [-0.39, 0.29) is 0 Å². The summed E-state index contributed by atoms with van der Waals surface area (Å²) in [6.07, 6.45) is -4.29. The van der Waals surface area contributed by atoms with Crippen LogP contribution in [0, 0.1) is 0 Å². The van der Waals surface area contributed by atoms with Gasteiger partial charge in [-0.2, -0.15) is 25.8 Å². The number of nitrogens with zero attached hydrogens (tertiary/aromatic N) is 2. The average molecular weight is 316 g/mol. The SMILES string of the molecule is C=C(CS)CN1CCN(c2cccc(C(F)(F)F)c2)CC1. The van der Waals surface area contributed by atoms with Crippen LogP contribution in [0.15, 0.2) is 36.4 Å². The van der Waals surface area contributed by atoms with Gasteiger partial charge in [0, 0.05) is 44.2 Å². The summed E-state index contributed by atoms with van der Waals surface area (Å²) in [5, 5.41) is 0. The first-order valence-electron chi connectivity index (χ1n) is 6.82. The molecule has 1 heterocycles. The zero-order chi connectivity index (χ0) is 15.5. The molecule has 2 rings (SSSR count). The summed E-state index contributed by atoms with van der Waals surface area (Å²) in [5.41, 5.74) is 1.11. The monoisotopic (exact) mass is 316 g/mol. The van der Waals surface area contributed by atoms with Crippen molar-refractivity contribution in [1.82, 2.24) is 4.90 Å². The maximum Gasteiger partial charge on any atom is 0.416 e. The van der Waals surface area contributed by atoms with E-state index < -0.39 is 11.7 Å². The normalized spacial score (nSPS) is 17.0. The van der Waals surface area contributed by atoms with Crippen molar-refractivity contribution in [2.24, 2.45) is 0 Å². The van der Waals surface area contributed by atoms with Crippen molar-refractivity contribution >= 4 is 18.3 Å². The van der Waals surface area contributed by atoms with Crippen LogP contribution >= 0.6 is 12.6 Å². The third kappa shape index (κ3) is 4.41. The number of alkyl halides is 3. The van der Waals surface area contributed by atoms with Gasteiger partial charge in [-0.3, -0.25) is 4.90 Å². The predicted octanol–water partition coefficient (Wildman–Crippen LogP) is 3.31. The fourth-order valence-corrected chi connectivity index (χ4v) is 2.51. The van der Waals surface area contributed by atoms with Crippen LogP contribution in [-0.2, 0) is 6.18 Å². The summed E-state index contributed by atoms with van der Waals surface area (Å²) in [7, 11) is 0. The third-order valence-electron chi connectivity index (χ3n) is 3.58. The summed E-state index contributed by atoms with van der Waals surface area (Å²) in [4.78, 5) is 4.25. The van der Waals surface area contributed by atoms with Crippen molar-refractivity contribution in [3.05, 3.63) is 42.0 Å². The van der Waals surface area contributed by atoms with E-state index in [4.69, 9.17) is 0 Å². The Kier molecular flexibility index (Phi) is 5.22. The summed E-state index contributed by atoms with van der Waals surface area (Å²) < 4.78 is 38.2. The summed E-state index contributed by atoms with van der Waals surface area (Å²) in [5.74, 6) is 0.661. The van der Waals surface area contributed by atoms with E-state index in [0.717, 1.165) is 44.4 Å². The van der Waals surface area contributed by atoms with E-state index in [9.17, 15) is 13.2 Å². The van der Waals surface area contributed by atoms with Gasteiger partial charge in [-0.15, -0.1) is 0 Å². The van der Waals surface area contributed by atoms with Gasteiger partial charge in [-0.05, 0) is 18.2 Å². The molecule has 0 saturated carbocycles. The van der Waals surface area contributed by atoms with Gasteiger partial charge in [0.1, 0.15) is 0 Å². The molecule has 1 aromatic rings. The maximum absolute atomic E-state index is 12.7. The quantitative estimate of drug-likeness (QED) is 0.672. The number of piperazine rings is 1. The molecule has 0 spiro atoms. The highest BCUT2D eigenvalue weighted by Crippen LogP contribution is 2.31. The van der Waals surface area contributed by atoms with Gasteiger partial charge in [0.25, 0.3) is 0 Å². The molecule has 6 heteroatoms. The summed E-state index contributed by atoms with van der Waals surface area (Å²) in [6.45, 7) is 7.82. The Morgan fingerprint density at radius 3 is 2.43 bits per heavy atom. The Hall–Kier alpha value is -1.14. The molecule has 0 aromatic heterocycles. The first-order valence-corrected chi connectivity index (χ1v) is 7.45. The van der Waals surface area contributed by atoms with Crippen LogP contribution in [0.2, 0.25) is 0 Å². The maximum atomic E-state index is 12.7. The fourth-order valence-electron chi connectivity index (χ4n) is 2.41. The van der Waals surface area contributed by atoms with Crippen LogP contribution in [0.4, 0.5) is 18.9 Å². The molecule has 116 valence electrons. The molecule has 0 atom stereocenters. The van der Waals surface area contributed by atoms with Crippen LogP contribution < -0.4 is 4.90 Å². The molecule has 1 aliphatic heterocycles. The van der Waals surface area contributed by atoms with Crippen molar-refractivity contribution in [3.8, 4) is 0 Å². The van der Waals surface area contributed by atoms with Gasteiger partial charge in [-0.25, -0.2) is 0 Å². The first kappa shape index (κ1) is 16.2. The zero-order valence-electron chi connectivity index (χ0n) is 11.7. The first-order chi connectivity index (χ1) is 9.90. The van der Waals surface area contributed by atoms with E-state index in [2.05, 4.69) is 24.1 Å². The predicted molar refractivity (Wildman–Crippen MR) is 83.1 cm³/mol. The summed E-state index contributed by atoms with van der Waals surface area (Å²) in [6, 6.07) is 5.53. The molecular weight excluding hydrogens is 297 g/mol. The van der Waals surface area contributed by atoms with E-state index in [1.807, 2.05) is 4.90 Å². The van der Waals surface area contributed by atoms with Gasteiger partial charge >= 0.3 is 6.18 Å². The lowest BCUT2D eigenvalue weighted by Gasteiger charge is -2.36. The average Bonchev–Trinajstić information content (AvgIpc) is 2.47. The van der Waals surface area contributed by atoms with Gasteiger partial charge < -0.3 is 4.90 Å². The molecule has 1 aromatic carbocycles. The standard InChI is InChI=1S/C15H19F3N2S/c1-12(11-21)10-19-5-7-20(8-6-19)14-4-2-3-13(9-14)15(16,17)18/h2-4,9,21H,1,5-8,10-11H2. The molecule has 0 N–H and O–H groups in total. The molecule has 0 unspecified atom stereocenters. The third-order valence-corrected chi connectivity index (χ3v) is 4.03. The van der Waals surface area contributed by atoms with Crippen molar-refractivity contribution in [3.63, 3.8) is 0 Å². The van der Waals surface area contributed by atoms with Crippen LogP contribution in [0.1, 0.15) is 5.56 Å². The number of halogens is 3. The fraction of sp³-hybridized carbons (Fsp3) is 0.467. The minimum atomic E-state index is -4.29. The molecule has 1 saturated heterocycles. The van der Waals surface area contributed by atoms with Crippen molar-refractivity contribution < 1.29 is 13.2 Å². The second-order valence-electron chi connectivity index (χ2n) is 5.22. The molecule has 0 amide bonds. The second-order valence-corrected chi connectivity index (χ2v) is 5.54. The van der Waals surface area contributed by atoms with Crippen molar-refractivity contribution in [2.45, 2.75) is 6.18 Å². The smallest absolute Gasteiger partial charge is 0.369 e. The Bertz CT molecular complexity index is 494. The second kappa shape index (κ2) is 6.75. The van der Waals surface area contributed by atoms with Gasteiger partial charge in [-0.1, -0.05) is 18.2 Å². The number of rotatable bonds is 4. The molecule has 2 nitrogen and oxygen atoms in total. The van der Waals surface area contributed by atoms with E-state index in [1.54, 1.807) is 6.07 Å². The van der Waals surface area contributed by atoms with Crippen molar-refractivity contribution in [2.75, 3.05) is 43.4 Å². The Labute approximate surface area is 128 Å². The largest absolute Gasteiger partial charge is 0.416 e. The minimum absolute atomic E-state index is 0.592. The highest BCUT2D eigenvalue weighted by Gasteiger charge is 2.31. The van der Waals surface area contributed by atoms with E-state index >= 15 is 0 Å². The number of anilines is 1. The van der Waals surface area contributed by atoms with E-state index in [1.165, 1.54) is 12.1 Å². The zero-order valence-corrected chi connectivity index (χ0v) is 12.6. The molecule has 1 fully saturated rings. The Balaban J connectivity index is 1.98. The highest BCUT2D eigenvalue weighted by atomic mass is 32.1. The number of thiol groups is 1. The van der Waals surface area contributed by atoms with Crippen LogP contribution in [0.25, 0.3) is 0 Å². The van der Waals surface area contributed by atoms with Gasteiger partial charge in [0.15, 0.2) is 0 Å². The minimum Gasteiger partial charge on any atom is -0.369 e. The summed E-state index contributed by atoms with van der Waals surface area (Å²) >= 11 is 4.19. The van der Waals surface area contributed by atoms with E-state index in [0.29, 0.717) is 11.4 Å². The molecular formula is C15H19F3N2S. The van der Waals surface area contributed by atoms with Crippen LogP contribution in [0.3, 0.4) is 0 Å². The Morgan fingerprint density at radius 1 is 1.19 bits per heavy atom. The molecule has 21 heavy (non-hydrogen) atoms. The van der Waals surface area contributed by atoms with Crippen LogP contribution in [0.5, 0.6) is 0 Å². The number of benzene rings is 1. The van der Waals surface area contributed by atoms with Gasteiger partial charge in [0.05, 0.1) is 5.56 Å².